The van der Waals surface area contributed by atoms with E-state index in [0.29, 0.717) is 24.8 Å². The van der Waals surface area contributed by atoms with Gasteiger partial charge in [0.1, 0.15) is 0 Å². The second-order valence-electron chi connectivity index (χ2n) is 6.22. The first-order chi connectivity index (χ1) is 12.7. The van der Waals surface area contributed by atoms with Crippen LogP contribution in [0.3, 0.4) is 0 Å². The predicted molar refractivity (Wildman–Crippen MR) is 120 cm³/mol. The lowest BCUT2D eigenvalue weighted by atomic mass is 10.1. The van der Waals surface area contributed by atoms with Gasteiger partial charge in [0.25, 0.3) is 0 Å². The summed E-state index contributed by atoms with van der Waals surface area (Å²) in [5, 5.41) is 7.27. The van der Waals surface area contributed by atoms with E-state index in [1.807, 2.05) is 24.3 Å². The molecule has 0 aromatic heterocycles. The molecule has 2 unspecified atom stereocenters. The molecule has 0 aliphatic carbocycles. The van der Waals surface area contributed by atoms with E-state index in [2.05, 4.69) is 15.6 Å². The maximum atomic E-state index is 6.06. The highest BCUT2D eigenvalue weighted by Gasteiger charge is 2.15. The number of benzene rings is 1. The van der Waals surface area contributed by atoms with Gasteiger partial charge in [-0.3, -0.25) is 4.99 Å². The number of rotatable bonds is 10. The van der Waals surface area contributed by atoms with Gasteiger partial charge in [0.2, 0.25) is 0 Å². The Morgan fingerprint density at radius 1 is 1.41 bits per heavy atom. The molecule has 1 aliphatic heterocycles. The quantitative estimate of drug-likeness (QED) is 0.218. The molecule has 0 spiro atoms. The zero-order valence-electron chi connectivity index (χ0n) is 16.1. The summed E-state index contributed by atoms with van der Waals surface area (Å²) >= 11 is 6.06. The van der Waals surface area contributed by atoms with Crippen molar-refractivity contribution in [1.29, 1.82) is 0 Å². The molecule has 8 heteroatoms. The Balaban J connectivity index is 0.00000364. The van der Waals surface area contributed by atoms with Gasteiger partial charge >= 0.3 is 0 Å². The zero-order chi connectivity index (χ0) is 18.6. The largest absolute Gasteiger partial charge is 0.379 e. The average Bonchev–Trinajstić information content (AvgIpc) is 3.16. The summed E-state index contributed by atoms with van der Waals surface area (Å²) in [7, 11) is 3.44. The van der Waals surface area contributed by atoms with Crippen LogP contribution in [0.2, 0.25) is 5.02 Å². The van der Waals surface area contributed by atoms with E-state index >= 15 is 0 Å². The van der Waals surface area contributed by atoms with Gasteiger partial charge in [0.15, 0.2) is 5.96 Å². The molecule has 6 nitrogen and oxygen atoms in total. The van der Waals surface area contributed by atoms with Crippen LogP contribution in [-0.2, 0) is 14.2 Å². The Bertz CT molecular complexity index is 557. The van der Waals surface area contributed by atoms with Crippen molar-refractivity contribution in [3.8, 4) is 0 Å². The second kappa shape index (κ2) is 14.4. The molecule has 27 heavy (non-hydrogen) atoms. The fourth-order valence-electron chi connectivity index (χ4n) is 2.83. The van der Waals surface area contributed by atoms with E-state index in [4.69, 9.17) is 25.8 Å². The third-order valence-electron chi connectivity index (χ3n) is 4.27. The molecule has 1 aromatic rings. The van der Waals surface area contributed by atoms with Crippen molar-refractivity contribution in [3.63, 3.8) is 0 Å². The number of aliphatic imine (C=N–C) groups is 1. The third kappa shape index (κ3) is 9.43. The molecule has 1 heterocycles. The van der Waals surface area contributed by atoms with Gasteiger partial charge in [-0.1, -0.05) is 23.7 Å². The standard InChI is InChI=1S/C19H30ClN3O3.HI/c1-21-19(22-9-5-10-25-14-17-8-4-11-26-17)23-13-18(24-2)15-6-3-7-16(20)12-15;/h3,6-7,12,17-18H,4-5,8-11,13-14H2,1-2H3,(H2,21,22,23);1H. The number of guanidine groups is 1. The summed E-state index contributed by atoms with van der Waals surface area (Å²) in [6.07, 6.45) is 3.36. The van der Waals surface area contributed by atoms with Gasteiger partial charge in [-0.15, -0.1) is 24.0 Å². The van der Waals surface area contributed by atoms with E-state index in [0.717, 1.165) is 43.9 Å². The van der Waals surface area contributed by atoms with E-state index in [9.17, 15) is 0 Å². The Labute approximate surface area is 184 Å². The molecule has 2 N–H and O–H groups in total. The van der Waals surface area contributed by atoms with Crippen LogP contribution in [-0.4, -0.2) is 59.1 Å². The van der Waals surface area contributed by atoms with E-state index < -0.39 is 0 Å². The number of ether oxygens (including phenoxy) is 3. The lowest BCUT2D eigenvalue weighted by Gasteiger charge is -2.19. The summed E-state index contributed by atoms with van der Waals surface area (Å²) in [5.74, 6) is 0.744. The third-order valence-corrected chi connectivity index (χ3v) is 4.50. The number of halogens is 2. The highest BCUT2D eigenvalue weighted by atomic mass is 127. The number of nitrogens with one attached hydrogen (secondary N) is 2. The van der Waals surface area contributed by atoms with Crippen LogP contribution < -0.4 is 10.6 Å². The maximum Gasteiger partial charge on any atom is 0.191 e. The van der Waals surface area contributed by atoms with Gasteiger partial charge in [-0.2, -0.15) is 0 Å². The van der Waals surface area contributed by atoms with Crippen molar-refractivity contribution in [1.82, 2.24) is 10.6 Å². The van der Waals surface area contributed by atoms with Crippen LogP contribution in [0, 0.1) is 0 Å². The number of methoxy groups -OCH3 is 1. The first kappa shape index (κ1) is 24.4. The molecule has 0 amide bonds. The van der Waals surface area contributed by atoms with Crippen LogP contribution >= 0.6 is 35.6 Å². The Hall–Kier alpha value is -0.610. The SMILES string of the molecule is CN=C(NCCCOCC1CCCO1)NCC(OC)c1cccc(Cl)c1.I. The van der Waals surface area contributed by atoms with Gasteiger partial charge in [0.05, 0.1) is 18.8 Å². The molecule has 2 rings (SSSR count). The topological polar surface area (TPSA) is 64.1 Å². The lowest BCUT2D eigenvalue weighted by molar-refractivity contribution is 0.0168. The molecular weight excluding hydrogens is 481 g/mol. The van der Waals surface area contributed by atoms with Crippen molar-refractivity contribution in [2.75, 3.05) is 47.1 Å². The van der Waals surface area contributed by atoms with Crippen molar-refractivity contribution in [3.05, 3.63) is 34.9 Å². The number of hydrogen-bond acceptors (Lipinski definition) is 4. The minimum absolute atomic E-state index is 0. The van der Waals surface area contributed by atoms with Gasteiger partial charge in [-0.25, -0.2) is 0 Å². The summed E-state index contributed by atoms with van der Waals surface area (Å²) in [4.78, 5) is 4.24. The Kier molecular flexibility index (Phi) is 13.0. The van der Waals surface area contributed by atoms with Crippen LogP contribution in [0.5, 0.6) is 0 Å². The molecule has 1 aliphatic rings. The van der Waals surface area contributed by atoms with E-state index in [-0.39, 0.29) is 36.2 Å². The first-order valence-corrected chi connectivity index (χ1v) is 9.53. The van der Waals surface area contributed by atoms with E-state index in [1.165, 1.54) is 0 Å². The summed E-state index contributed by atoms with van der Waals surface area (Å²) in [5.41, 5.74) is 1.03. The zero-order valence-corrected chi connectivity index (χ0v) is 19.2. The molecule has 1 fully saturated rings. The Morgan fingerprint density at radius 2 is 2.26 bits per heavy atom. The van der Waals surface area contributed by atoms with Crippen LogP contribution in [0.1, 0.15) is 30.9 Å². The van der Waals surface area contributed by atoms with Crippen molar-refractivity contribution in [2.24, 2.45) is 4.99 Å². The molecule has 0 bridgehead atoms. The predicted octanol–water partition coefficient (Wildman–Crippen LogP) is 3.40. The summed E-state index contributed by atoms with van der Waals surface area (Å²) < 4.78 is 16.8. The Morgan fingerprint density at radius 3 is 2.93 bits per heavy atom. The van der Waals surface area contributed by atoms with Crippen molar-refractivity contribution < 1.29 is 14.2 Å². The normalized spacial score (nSPS) is 18.0. The van der Waals surface area contributed by atoms with E-state index in [1.54, 1.807) is 14.2 Å². The van der Waals surface area contributed by atoms with Crippen molar-refractivity contribution in [2.45, 2.75) is 31.5 Å². The minimum Gasteiger partial charge on any atom is -0.379 e. The summed E-state index contributed by atoms with van der Waals surface area (Å²) in [6, 6.07) is 7.70. The molecule has 0 saturated carbocycles. The lowest BCUT2D eigenvalue weighted by Crippen LogP contribution is -2.40. The molecule has 1 saturated heterocycles. The fourth-order valence-corrected chi connectivity index (χ4v) is 3.02. The summed E-state index contributed by atoms with van der Waals surface area (Å²) in [6.45, 7) is 3.68. The van der Waals surface area contributed by atoms with Crippen LogP contribution in [0.25, 0.3) is 0 Å². The molecular formula is C19H31ClIN3O3. The molecule has 2 atom stereocenters. The van der Waals surface area contributed by atoms with Crippen LogP contribution in [0.15, 0.2) is 29.3 Å². The highest BCUT2D eigenvalue weighted by Crippen LogP contribution is 2.19. The molecule has 154 valence electrons. The smallest absolute Gasteiger partial charge is 0.191 e. The van der Waals surface area contributed by atoms with Gasteiger partial charge in [0, 0.05) is 45.5 Å². The minimum atomic E-state index is -0.0954. The van der Waals surface area contributed by atoms with Crippen molar-refractivity contribution >= 4 is 41.5 Å². The second-order valence-corrected chi connectivity index (χ2v) is 6.66. The fraction of sp³-hybridized carbons (Fsp3) is 0.632. The van der Waals surface area contributed by atoms with Crippen LogP contribution in [0.4, 0.5) is 0 Å². The monoisotopic (exact) mass is 511 g/mol. The molecule has 0 radical (unpaired) electrons. The highest BCUT2D eigenvalue weighted by molar-refractivity contribution is 14.0. The van der Waals surface area contributed by atoms with Gasteiger partial charge in [-0.05, 0) is 37.0 Å². The average molecular weight is 512 g/mol. The maximum absolute atomic E-state index is 6.06. The van der Waals surface area contributed by atoms with Gasteiger partial charge < -0.3 is 24.8 Å². The number of hydrogen-bond donors (Lipinski definition) is 2. The number of nitrogens with zero attached hydrogens (tertiary/aromatic N) is 1. The first-order valence-electron chi connectivity index (χ1n) is 9.15. The molecule has 1 aromatic carbocycles.